The van der Waals surface area contributed by atoms with Crippen molar-refractivity contribution in [3.05, 3.63) is 173 Å². The summed E-state index contributed by atoms with van der Waals surface area (Å²) < 4.78 is 0. The van der Waals surface area contributed by atoms with Gasteiger partial charge in [-0.3, -0.25) is 62.5 Å². The number of halogens is 1. The van der Waals surface area contributed by atoms with Gasteiger partial charge in [0.05, 0.1) is 12.8 Å². The number of fused-ring (bicyclic) bond motifs is 1. The predicted octanol–water partition coefficient (Wildman–Crippen LogP) is 1.41. The van der Waals surface area contributed by atoms with E-state index in [0.717, 1.165) is 10.8 Å². The van der Waals surface area contributed by atoms with Crippen LogP contribution in [0.3, 0.4) is 0 Å². The number of aliphatic hydroxyl groups is 3. The number of amides is 12. The number of aromatic nitrogens is 7. The van der Waals surface area contributed by atoms with Crippen molar-refractivity contribution in [2.45, 2.75) is 204 Å². The summed E-state index contributed by atoms with van der Waals surface area (Å²) in [5.74, 6) is -9.31. The molecule has 41 heteroatoms. The van der Waals surface area contributed by atoms with Gasteiger partial charge in [-0.05, 0) is 152 Å². The maximum absolute atomic E-state index is 15.8. The molecule has 0 radical (unpaired) electrons. The molecule has 9 rings (SSSR count). The first-order valence-corrected chi connectivity index (χ1v) is 43.6. The zero-order chi connectivity index (χ0) is 94.1. The minimum absolute atomic E-state index is 0.00246. The van der Waals surface area contributed by atoms with E-state index in [4.69, 9.17) is 23.1 Å². The number of benzene rings is 5. The number of unbranched alkanes of at least 4 members (excludes halogenated alkanes) is 1. The highest BCUT2D eigenvalue weighted by Crippen LogP contribution is 2.25. The third-order valence-corrected chi connectivity index (χ3v) is 21.5. The summed E-state index contributed by atoms with van der Waals surface area (Å²) in [6.45, 7) is 9.26. The molecular weight excluding hydrogens is 1690 g/mol. The van der Waals surface area contributed by atoms with Crippen molar-refractivity contribution in [1.29, 1.82) is 0 Å². The Labute approximate surface area is 757 Å². The van der Waals surface area contributed by atoms with E-state index in [2.05, 4.69) is 110 Å². The van der Waals surface area contributed by atoms with Crippen molar-refractivity contribution in [3.8, 4) is 0 Å². The smallest absolute Gasteiger partial charge is 0.247 e. The molecule has 0 unspecified atom stereocenters. The molecule has 0 saturated carbocycles. The van der Waals surface area contributed by atoms with E-state index in [-0.39, 0.29) is 99.1 Å². The van der Waals surface area contributed by atoms with Crippen LogP contribution in [0.5, 0.6) is 0 Å². The van der Waals surface area contributed by atoms with Crippen LogP contribution >= 0.6 is 11.6 Å². The number of hydrogen-bond acceptors (Lipinski definition) is 26. The van der Waals surface area contributed by atoms with E-state index in [9.17, 15) is 44.1 Å². The summed E-state index contributed by atoms with van der Waals surface area (Å²) in [5.41, 5.74) is 14.4. The Morgan fingerprint density at radius 1 is 0.508 bits per heavy atom. The summed E-state index contributed by atoms with van der Waals surface area (Å²) in [4.78, 5) is 191. The van der Waals surface area contributed by atoms with E-state index in [0.29, 0.717) is 71.0 Å². The minimum Gasteiger partial charge on any atom is -0.396 e. The molecule has 0 spiro atoms. The van der Waals surface area contributed by atoms with Gasteiger partial charge in [-0.15, -0.1) is 10.2 Å². The van der Waals surface area contributed by atoms with Gasteiger partial charge in [0.2, 0.25) is 94.7 Å². The van der Waals surface area contributed by atoms with Crippen molar-refractivity contribution in [1.82, 2.24) is 93.4 Å². The number of carbonyl (C=O) groups excluding carboxylic acids is 12. The first-order chi connectivity index (χ1) is 62.2. The molecule has 698 valence electrons. The summed E-state index contributed by atoms with van der Waals surface area (Å²) in [6.07, 6.45) is 2.76. The summed E-state index contributed by atoms with van der Waals surface area (Å²) in [6, 6.07) is 19.8. The van der Waals surface area contributed by atoms with Crippen LogP contribution in [0, 0.1) is 5.92 Å². The molecule has 4 heterocycles. The van der Waals surface area contributed by atoms with Crippen molar-refractivity contribution in [2.24, 2.45) is 11.7 Å². The molecule has 5 aromatic carbocycles. The second-order valence-electron chi connectivity index (χ2n) is 33.0. The van der Waals surface area contributed by atoms with Crippen LogP contribution in [0.2, 0.25) is 5.02 Å². The molecule has 130 heavy (non-hydrogen) atoms. The topological polar surface area (TPSA) is 588 Å². The van der Waals surface area contributed by atoms with Gasteiger partial charge >= 0.3 is 0 Å². The van der Waals surface area contributed by atoms with E-state index < -0.39 is 170 Å². The van der Waals surface area contributed by atoms with Crippen molar-refractivity contribution in [2.75, 3.05) is 78.9 Å². The number of aromatic amines is 2. The van der Waals surface area contributed by atoms with Crippen molar-refractivity contribution < 1.29 is 72.9 Å². The van der Waals surface area contributed by atoms with Gasteiger partial charge in [-0.2, -0.15) is 9.97 Å². The Morgan fingerprint density at radius 2 is 0.977 bits per heavy atom. The number of carbonyl (C=O) groups is 12. The number of nitrogens with zero attached hydrogens (tertiary/aromatic N) is 7. The first-order valence-electron chi connectivity index (χ1n) is 43.3. The van der Waals surface area contributed by atoms with Gasteiger partial charge in [0.1, 0.15) is 66.5 Å². The second kappa shape index (κ2) is 49.9. The number of rotatable bonds is 50. The van der Waals surface area contributed by atoms with Gasteiger partial charge in [0, 0.05) is 108 Å². The van der Waals surface area contributed by atoms with Crippen LogP contribution in [0.25, 0.3) is 10.8 Å². The number of H-pyrrole nitrogens is 2. The monoisotopic (exact) mass is 1810 g/mol. The molecule has 0 aliphatic carbocycles. The maximum atomic E-state index is 15.8. The number of pyridine rings is 1. The molecule has 1 saturated heterocycles. The lowest BCUT2D eigenvalue weighted by Crippen LogP contribution is -2.62. The van der Waals surface area contributed by atoms with E-state index in [1.807, 2.05) is 56.3 Å². The molecule has 1 aliphatic heterocycles. The Balaban J connectivity index is 1.05. The van der Waals surface area contributed by atoms with Crippen molar-refractivity contribution >= 4 is 128 Å². The SMILES string of the molecule is CC(=O)N[C@H](Cc1ccc2ccccc2c1)C(=O)N[C@H](Cc1ccc(Cl)cc1)C(=O)N[C@H](Cc1cccnc1)C(=O)N[C@@H](CO)C(=O)N[C@@H](Cc1ccc(NC(=O)[C@H](CCO)Nc2n[nH]c(N(C)C)n2)cc1)C(=O)N[C@H](Cc1ccc(NC(=O)[C@@H](CCO)Nc2n[nH]c(N)n2)cc1)C(=O)N[C@@H](CC(C)C)C(=O)N[C@@H](CCCCNC(C)C)C(=O)N1CCC[C@H]1C(=O)N[C@H](C)N. The lowest BCUT2D eigenvalue weighted by atomic mass is 9.99. The maximum Gasteiger partial charge on any atom is 0.247 e. The van der Waals surface area contributed by atoms with Gasteiger partial charge in [-0.25, -0.2) is 10.2 Å². The molecule has 3 aromatic heterocycles. The number of nitrogens with two attached hydrogens (primary N) is 2. The zero-order valence-corrected chi connectivity index (χ0v) is 74.7. The van der Waals surface area contributed by atoms with Gasteiger partial charge < -0.3 is 111 Å². The van der Waals surface area contributed by atoms with Gasteiger partial charge in [0.15, 0.2) is 0 Å². The fourth-order valence-corrected chi connectivity index (χ4v) is 14.7. The quantitative estimate of drug-likeness (QED) is 0.0189. The average molecular weight is 1820 g/mol. The zero-order valence-electron chi connectivity index (χ0n) is 74.0. The Hall–Kier alpha value is -13.3. The molecule has 0 bridgehead atoms. The normalized spacial score (nSPS) is 15.0. The standard InChI is InChI=1S/C89H120ClN25O15/c1-50(2)41-67(77(122)99-66(18-11-12-37-94-51(3)4)85(130)115-38-14-19-74(115)84(129)95-52(5)91)100-79(124)70(44-55-23-30-62(31-24-55)97-75(120)64(34-39-116)106-87-108-86(92)110-111-87)102-81(126)71(45-56-25-32-63(33-26-56)98-76(121)65(35-40-117)107-88-109-89(113-112-88)114(7)8)104-83(128)73(49-118)105-82(127)72(47-58-15-13-36-93-48-58)103-80(125)69(43-54-21-28-61(90)29-22-54)101-78(123)68(96-53(6)119)46-57-20-27-59-16-9-10-17-60(59)42-57/h9-10,13,15-17,20-33,36,42,48,50-52,64-74,94,116-118H,11-12,14,18-19,34-35,37-41,43-47,49,91H2,1-8H3,(H,95,129)(H,96,119)(H,97,120)(H,98,121)(H,99,122)(H,100,124)(H,101,123)(H,102,126)(H,103,125)(H,104,128)(H,105,127)(H2,107,109,112,113)(H4,92,106,108,110,111)/t52-,64-,65+,66+,67+,68-,69-,70-,71+,72-,73+,74+/m1/s1. The van der Waals surface area contributed by atoms with Crippen molar-refractivity contribution in [3.63, 3.8) is 0 Å². The largest absolute Gasteiger partial charge is 0.396 e. The third-order valence-electron chi connectivity index (χ3n) is 21.2. The molecule has 12 atom stereocenters. The predicted molar refractivity (Wildman–Crippen MR) is 489 cm³/mol. The number of likely N-dealkylation sites (tertiary alicyclic amines) is 1. The highest BCUT2D eigenvalue weighted by Gasteiger charge is 2.41. The summed E-state index contributed by atoms with van der Waals surface area (Å²) in [5, 5.41) is 86.1. The number of nitrogen functional groups attached to an aromatic ring is 1. The average Bonchev–Trinajstić information content (AvgIpc) is 1.74. The molecule has 40 nitrogen and oxygen atoms in total. The third kappa shape index (κ3) is 31.6. The Morgan fingerprint density at radius 3 is 1.45 bits per heavy atom. The lowest BCUT2D eigenvalue weighted by Gasteiger charge is -2.31. The van der Waals surface area contributed by atoms with E-state index >= 15 is 28.8 Å². The minimum atomic E-state index is -1.93. The first kappa shape index (κ1) is 100. The van der Waals surface area contributed by atoms with E-state index in [1.165, 1.54) is 60.6 Å². The number of nitrogens with one attached hydrogen (secondary N) is 16. The molecule has 8 aromatic rings. The molecule has 1 aliphatic rings. The molecule has 23 N–H and O–H groups in total. The number of aliphatic hydroxyl groups excluding tert-OH is 3. The molecule has 1 fully saturated rings. The van der Waals surface area contributed by atoms with Crippen LogP contribution in [-0.4, -0.2) is 252 Å². The van der Waals surface area contributed by atoms with Gasteiger partial charge in [-0.1, -0.05) is 124 Å². The fraction of sp³-hybridized carbons (Fsp3) is 0.449. The molecule has 12 amide bonds. The Kier molecular flexibility index (Phi) is 38.6. The highest BCUT2D eigenvalue weighted by atomic mass is 35.5. The highest BCUT2D eigenvalue weighted by molar-refractivity contribution is 6.30. The van der Waals surface area contributed by atoms with Crippen LogP contribution in [0.1, 0.15) is 121 Å². The fourth-order valence-electron chi connectivity index (χ4n) is 14.6. The number of hydrogen-bond donors (Lipinski definition) is 21. The van der Waals surface area contributed by atoms with Crippen LogP contribution < -0.4 is 90.8 Å². The lowest BCUT2D eigenvalue weighted by molar-refractivity contribution is -0.142. The second-order valence-corrected chi connectivity index (χ2v) is 33.4. The van der Waals surface area contributed by atoms with Crippen LogP contribution in [-0.2, 0) is 89.6 Å². The summed E-state index contributed by atoms with van der Waals surface area (Å²) >= 11 is 6.31. The van der Waals surface area contributed by atoms with Gasteiger partial charge in [0.25, 0.3) is 0 Å². The Bertz CT molecular complexity index is 5100. The van der Waals surface area contributed by atoms with Crippen LogP contribution in [0.15, 0.2) is 140 Å². The molecular formula is C89H120ClN25O15. The summed E-state index contributed by atoms with van der Waals surface area (Å²) in [7, 11) is 3.47. The van der Waals surface area contributed by atoms with Crippen LogP contribution in [0.4, 0.5) is 35.2 Å². The number of anilines is 6. The van der Waals surface area contributed by atoms with E-state index in [1.54, 1.807) is 88.3 Å².